The van der Waals surface area contributed by atoms with E-state index in [2.05, 4.69) is 15.4 Å². The zero-order valence-electron chi connectivity index (χ0n) is 19.2. The first-order valence-corrected chi connectivity index (χ1v) is 10.7. The van der Waals surface area contributed by atoms with E-state index >= 15 is 0 Å². The molecule has 4 aromatic rings. The summed E-state index contributed by atoms with van der Waals surface area (Å²) in [6.45, 7) is 1.31. The summed E-state index contributed by atoms with van der Waals surface area (Å²) in [6.07, 6.45) is -3.92. The Kier molecular flexibility index (Phi) is 6.69. The van der Waals surface area contributed by atoms with E-state index in [0.29, 0.717) is 22.4 Å². The van der Waals surface area contributed by atoms with Gasteiger partial charge in [-0.2, -0.15) is 13.2 Å². The number of fused-ring (bicyclic) bond motifs is 1. The monoisotopic (exact) mass is 503 g/mol. The molecule has 8 nitrogen and oxygen atoms in total. The second kappa shape index (κ2) is 9.72. The summed E-state index contributed by atoms with van der Waals surface area (Å²) in [5.74, 6) is -1.13. The van der Waals surface area contributed by atoms with Crippen LogP contribution in [0.4, 0.5) is 23.2 Å². The normalized spacial score (nSPS) is 11.5. The van der Waals surface area contributed by atoms with Gasteiger partial charge < -0.3 is 20.5 Å². The highest BCUT2D eigenvalue weighted by atomic mass is 19.4. The molecule has 0 spiro atoms. The number of carbonyl (C=O) groups excluding carboxylic acids is 1. The molecule has 0 saturated carbocycles. The number of benzene rings is 2. The number of imidazole rings is 1. The fourth-order valence-corrected chi connectivity index (χ4v) is 3.59. The lowest BCUT2D eigenvalue weighted by Crippen LogP contribution is -2.15. The first kappa shape index (κ1) is 24.8. The third kappa shape index (κ3) is 5.32. The predicted molar refractivity (Wildman–Crippen MR) is 124 cm³/mol. The number of anilines is 1. The Hall–Kier alpha value is -4.35. The van der Waals surface area contributed by atoms with E-state index in [9.17, 15) is 22.4 Å². The maximum absolute atomic E-state index is 14.1. The van der Waals surface area contributed by atoms with Gasteiger partial charge in [-0.1, -0.05) is 6.07 Å². The number of carbonyl (C=O) groups is 1. The Morgan fingerprint density at radius 2 is 1.94 bits per heavy atom. The van der Waals surface area contributed by atoms with E-state index < -0.39 is 30.9 Å². The standard InChI is InChI=1S/C24H21F4N5O3/c1-13-9-14(3-5-16(13)22(29)34)19-12-31-23-18(30-8-7-24(26,27)28)11-21(32-33(19)23)36-15-4-6-20(35-2)17(25)10-15/h3-6,9-12,30H,7-8H2,1-2H3,(H2,29,34). The second-order valence-corrected chi connectivity index (χ2v) is 7.86. The number of amides is 1. The molecule has 3 N–H and O–H groups in total. The minimum absolute atomic E-state index is 0.0203. The van der Waals surface area contributed by atoms with Gasteiger partial charge in [0.15, 0.2) is 17.2 Å². The number of nitrogens with two attached hydrogens (primary N) is 1. The third-order valence-corrected chi connectivity index (χ3v) is 5.30. The molecule has 1 amide bonds. The van der Waals surface area contributed by atoms with Gasteiger partial charge in [0.05, 0.1) is 31.1 Å². The fourth-order valence-electron chi connectivity index (χ4n) is 3.59. The highest BCUT2D eigenvalue weighted by molar-refractivity contribution is 5.94. The van der Waals surface area contributed by atoms with Crippen LogP contribution in [0.15, 0.2) is 48.7 Å². The van der Waals surface area contributed by atoms with Crippen molar-refractivity contribution < 1.29 is 31.8 Å². The predicted octanol–water partition coefficient (Wildman–Crippen LogP) is 5.11. The largest absolute Gasteiger partial charge is 0.494 e. The van der Waals surface area contributed by atoms with Crippen molar-refractivity contribution in [3.63, 3.8) is 0 Å². The van der Waals surface area contributed by atoms with Crippen molar-refractivity contribution in [3.05, 3.63) is 65.6 Å². The van der Waals surface area contributed by atoms with E-state index in [1.54, 1.807) is 25.1 Å². The highest BCUT2D eigenvalue weighted by Gasteiger charge is 2.26. The molecule has 0 fully saturated rings. The van der Waals surface area contributed by atoms with Gasteiger partial charge in [0.25, 0.3) is 0 Å². The number of rotatable bonds is 8. The van der Waals surface area contributed by atoms with Crippen LogP contribution in [0, 0.1) is 12.7 Å². The van der Waals surface area contributed by atoms with Crippen LogP contribution < -0.4 is 20.5 Å². The molecule has 188 valence electrons. The van der Waals surface area contributed by atoms with Crippen LogP contribution in [-0.2, 0) is 0 Å². The van der Waals surface area contributed by atoms with Crippen molar-refractivity contribution >= 4 is 17.2 Å². The van der Waals surface area contributed by atoms with E-state index in [1.807, 2.05) is 0 Å². The van der Waals surface area contributed by atoms with Crippen molar-refractivity contribution in [2.75, 3.05) is 19.0 Å². The molecule has 36 heavy (non-hydrogen) atoms. The van der Waals surface area contributed by atoms with Crippen LogP contribution in [0.25, 0.3) is 16.9 Å². The Bertz CT molecular complexity index is 1440. The summed E-state index contributed by atoms with van der Waals surface area (Å²) < 4.78 is 64.3. The van der Waals surface area contributed by atoms with E-state index in [4.69, 9.17) is 15.2 Å². The SMILES string of the molecule is COc1ccc(Oc2cc(NCCC(F)(F)F)c3ncc(-c4ccc(C(N)=O)c(C)c4)n3n2)cc1F. The molecule has 4 rings (SSSR count). The molecule has 0 atom stereocenters. The van der Waals surface area contributed by atoms with Crippen molar-refractivity contribution in [3.8, 4) is 28.6 Å². The maximum atomic E-state index is 14.1. The first-order chi connectivity index (χ1) is 17.1. The van der Waals surface area contributed by atoms with Crippen LogP contribution in [0.1, 0.15) is 22.3 Å². The van der Waals surface area contributed by atoms with Gasteiger partial charge in [0.2, 0.25) is 11.8 Å². The van der Waals surface area contributed by atoms with Gasteiger partial charge in [-0.3, -0.25) is 4.79 Å². The van der Waals surface area contributed by atoms with Crippen LogP contribution >= 0.6 is 0 Å². The smallest absolute Gasteiger partial charge is 0.390 e. The lowest BCUT2D eigenvalue weighted by Gasteiger charge is -2.13. The Labute approximate surface area is 202 Å². The van der Waals surface area contributed by atoms with Crippen molar-refractivity contribution in [2.45, 2.75) is 19.5 Å². The maximum Gasteiger partial charge on any atom is 0.390 e. The number of nitrogens with zero attached hydrogens (tertiary/aromatic N) is 3. The molecule has 2 aromatic carbocycles. The first-order valence-electron chi connectivity index (χ1n) is 10.7. The molecule has 0 bridgehead atoms. The average molecular weight is 503 g/mol. The Morgan fingerprint density at radius 3 is 2.58 bits per heavy atom. The third-order valence-electron chi connectivity index (χ3n) is 5.30. The van der Waals surface area contributed by atoms with E-state index in [-0.39, 0.29) is 28.7 Å². The molecule has 2 aromatic heterocycles. The summed E-state index contributed by atoms with van der Waals surface area (Å²) in [5.41, 5.74) is 7.95. The molecule has 0 aliphatic rings. The number of aromatic nitrogens is 3. The van der Waals surface area contributed by atoms with Crippen molar-refractivity contribution in [2.24, 2.45) is 5.73 Å². The fraction of sp³-hybridized carbons (Fsp3) is 0.208. The zero-order chi connectivity index (χ0) is 26.0. The summed E-state index contributed by atoms with van der Waals surface area (Å²) in [4.78, 5) is 15.9. The molecule has 0 radical (unpaired) electrons. The lowest BCUT2D eigenvalue weighted by molar-refractivity contribution is -0.131. The Morgan fingerprint density at radius 1 is 1.17 bits per heavy atom. The zero-order valence-corrected chi connectivity index (χ0v) is 19.2. The molecule has 0 aliphatic carbocycles. The van der Waals surface area contributed by atoms with Crippen LogP contribution in [-0.4, -0.2) is 40.3 Å². The quantitative estimate of drug-likeness (QED) is 0.324. The summed E-state index contributed by atoms with van der Waals surface area (Å²) in [7, 11) is 1.32. The van der Waals surface area contributed by atoms with Crippen molar-refractivity contribution in [1.29, 1.82) is 0 Å². The topological polar surface area (TPSA) is 104 Å². The molecular weight excluding hydrogens is 482 g/mol. The number of halogens is 4. The summed E-state index contributed by atoms with van der Waals surface area (Å²) in [5, 5.41) is 7.13. The summed E-state index contributed by atoms with van der Waals surface area (Å²) >= 11 is 0. The molecule has 12 heteroatoms. The number of primary amides is 1. The number of methoxy groups -OCH3 is 1. The van der Waals surface area contributed by atoms with E-state index in [0.717, 1.165) is 6.07 Å². The Balaban J connectivity index is 1.77. The van der Waals surface area contributed by atoms with Gasteiger partial charge in [0.1, 0.15) is 5.75 Å². The number of alkyl halides is 3. The number of hydrogen-bond acceptors (Lipinski definition) is 6. The van der Waals surface area contributed by atoms with Gasteiger partial charge in [0, 0.05) is 29.8 Å². The van der Waals surface area contributed by atoms with Crippen LogP contribution in [0.2, 0.25) is 0 Å². The van der Waals surface area contributed by atoms with E-state index in [1.165, 1.54) is 36.0 Å². The molecule has 0 saturated heterocycles. The average Bonchev–Trinajstić information content (AvgIpc) is 3.22. The molecular formula is C24H21F4N5O3. The molecule has 0 aliphatic heterocycles. The summed E-state index contributed by atoms with van der Waals surface area (Å²) in [6, 6.07) is 10.3. The van der Waals surface area contributed by atoms with Gasteiger partial charge in [-0.15, -0.1) is 5.10 Å². The number of hydrogen-bond donors (Lipinski definition) is 2. The number of aryl methyl sites for hydroxylation is 1. The number of ether oxygens (including phenoxy) is 2. The van der Waals surface area contributed by atoms with Crippen LogP contribution in [0.5, 0.6) is 17.4 Å². The van der Waals surface area contributed by atoms with Gasteiger partial charge in [-0.05, 0) is 36.8 Å². The van der Waals surface area contributed by atoms with Crippen LogP contribution in [0.3, 0.4) is 0 Å². The second-order valence-electron chi connectivity index (χ2n) is 7.86. The van der Waals surface area contributed by atoms with Gasteiger partial charge in [-0.25, -0.2) is 13.9 Å². The van der Waals surface area contributed by atoms with Crippen molar-refractivity contribution in [1.82, 2.24) is 14.6 Å². The molecule has 2 heterocycles. The molecule has 0 unspecified atom stereocenters. The lowest BCUT2D eigenvalue weighted by atomic mass is 10.0. The number of nitrogens with one attached hydrogen (secondary N) is 1. The highest BCUT2D eigenvalue weighted by Crippen LogP contribution is 2.31. The minimum atomic E-state index is -4.35. The minimum Gasteiger partial charge on any atom is -0.494 e. The van der Waals surface area contributed by atoms with Gasteiger partial charge >= 0.3 is 6.18 Å².